The van der Waals surface area contributed by atoms with Crippen LogP contribution in [0, 0.1) is 0 Å². The van der Waals surface area contributed by atoms with Crippen molar-refractivity contribution < 1.29 is 19.4 Å². The van der Waals surface area contributed by atoms with Gasteiger partial charge in [0, 0.05) is 6.42 Å². The third-order valence-electron chi connectivity index (χ3n) is 3.60. The summed E-state index contributed by atoms with van der Waals surface area (Å²) in [7, 11) is -2.91. The van der Waals surface area contributed by atoms with Gasteiger partial charge in [0.25, 0.3) is 0 Å². The van der Waals surface area contributed by atoms with Crippen molar-refractivity contribution in [2.75, 3.05) is 0 Å². The summed E-state index contributed by atoms with van der Waals surface area (Å²) >= 11 is 0. The van der Waals surface area contributed by atoms with E-state index in [0.29, 0.717) is 6.42 Å². The van der Waals surface area contributed by atoms with E-state index in [0.717, 1.165) is 19.3 Å². The van der Waals surface area contributed by atoms with Gasteiger partial charge in [-0.3, -0.25) is 0 Å². The van der Waals surface area contributed by atoms with Gasteiger partial charge in [-0.1, -0.05) is 72.9 Å². The van der Waals surface area contributed by atoms with Crippen molar-refractivity contribution in [2.24, 2.45) is 0 Å². The molecule has 0 spiro atoms. The third kappa shape index (κ3) is 15.7. The Bertz CT molecular complexity index is 464. The molecule has 0 aliphatic carbocycles. The fourth-order valence-corrected chi connectivity index (χ4v) is 2.67. The first-order valence-electron chi connectivity index (χ1n) is 9.05. The van der Waals surface area contributed by atoms with E-state index in [2.05, 4.69) is 37.3 Å². The molecule has 0 bridgehead atoms. The molecule has 0 aromatic rings. The lowest BCUT2D eigenvalue weighted by atomic mass is 10.2. The highest BCUT2D eigenvalue weighted by molar-refractivity contribution is 7.38. The fraction of sp³-hybridized carbons (Fsp3) is 0.550. The molecule has 4 nitrogen and oxygen atoms in total. The van der Waals surface area contributed by atoms with Crippen LogP contribution in [0.5, 0.6) is 0 Å². The van der Waals surface area contributed by atoms with E-state index in [1.165, 1.54) is 25.7 Å². The van der Waals surface area contributed by atoms with Crippen LogP contribution >= 0.6 is 8.03 Å². The number of hydrogen-bond acceptors (Lipinski definition) is 3. The van der Waals surface area contributed by atoms with Gasteiger partial charge in [-0.25, -0.2) is 4.79 Å². The first-order chi connectivity index (χ1) is 12.1. The predicted molar refractivity (Wildman–Crippen MR) is 103 cm³/mol. The van der Waals surface area contributed by atoms with Crippen molar-refractivity contribution >= 4 is 14.0 Å². The average molecular weight is 366 g/mol. The molecular formula is C20H31O4P. The van der Waals surface area contributed by atoms with Gasteiger partial charge >= 0.3 is 14.0 Å². The summed E-state index contributed by atoms with van der Waals surface area (Å²) in [5.74, 6) is -1.27. The summed E-state index contributed by atoms with van der Waals surface area (Å²) in [6.45, 7) is 2.21. The van der Waals surface area contributed by atoms with E-state index in [4.69, 9.17) is 5.11 Å². The first-order valence-corrected chi connectivity index (χ1v) is 10.3. The number of hydrogen-bond donors (Lipinski definition) is 1. The van der Waals surface area contributed by atoms with Gasteiger partial charge in [0.1, 0.15) is 0 Å². The number of carboxylic acid groups (broad SMARTS) is 1. The van der Waals surface area contributed by atoms with Gasteiger partial charge in [0.05, 0.1) is 0 Å². The molecule has 25 heavy (non-hydrogen) atoms. The molecule has 0 aliphatic heterocycles. The summed E-state index contributed by atoms with van der Waals surface area (Å²) in [6.07, 6.45) is 24.9. The maximum atomic E-state index is 10.7. The fourth-order valence-electron chi connectivity index (χ4n) is 2.13. The summed E-state index contributed by atoms with van der Waals surface area (Å²) < 4.78 is 10.7. The zero-order chi connectivity index (χ0) is 18.8. The van der Waals surface area contributed by atoms with Crippen molar-refractivity contribution in [1.29, 1.82) is 0 Å². The van der Waals surface area contributed by atoms with Crippen LogP contribution in [0.15, 0.2) is 48.6 Å². The number of carboxylic acids is 1. The molecule has 5 heteroatoms. The van der Waals surface area contributed by atoms with Gasteiger partial charge in [0.15, 0.2) is 0 Å². The van der Waals surface area contributed by atoms with Gasteiger partial charge in [0.2, 0.25) is 5.66 Å². The number of unbranched alkanes of at least 4 members (excludes halogenated alkanes) is 3. The highest BCUT2D eigenvalue weighted by Crippen LogP contribution is 2.22. The Labute approximate surface area is 152 Å². The molecule has 0 saturated carbocycles. The number of aliphatic carboxylic acids is 1. The van der Waals surface area contributed by atoms with Crippen LogP contribution in [-0.4, -0.2) is 16.7 Å². The minimum atomic E-state index is -2.91. The molecule has 2 atom stereocenters. The SMILES string of the molecule is CCCCCC=CCC=CCC=CCC=CCCC(C(=O)O)[P+](=O)[O-]. The summed E-state index contributed by atoms with van der Waals surface area (Å²) in [5, 5.41) is 8.74. The van der Waals surface area contributed by atoms with Gasteiger partial charge in [-0.2, -0.15) is 0 Å². The van der Waals surface area contributed by atoms with Crippen LogP contribution in [0.25, 0.3) is 0 Å². The second-order valence-electron chi connectivity index (χ2n) is 5.81. The minimum Gasteiger partial charge on any atom is -0.595 e. The standard InChI is InChI=1S/C20H31O4P/c1-2-3-4-5-6-7-8-9-10-11-12-13-14-15-16-17-18-19(20(21)22)25(23)24/h6-7,9-10,12-13,15-16,19H,2-5,8,11,14,17-18H2,1H3,(H,21,22). The van der Waals surface area contributed by atoms with Crippen molar-refractivity contribution in [3.05, 3.63) is 48.6 Å². The van der Waals surface area contributed by atoms with E-state index >= 15 is 0 Å². The topological polar surface area (TPSA) is 77.4 Å². The Balaban J connectivity index is 3.67. The molecule has 2 unspecified atom stereocenters. The molecule has 0 heterocycles. The van der Waals surface area contributed by atoms with Crippen LogP contribution < -0.4 is 4.89 Å². The van der Waals surface area contributed by atoms with E-state index < -0.39 is 19.7 Å². The van der Waals surface area contributed by atoms with Gasteiger partial charge < -0.3 is 10.00 Å². The molecule has 1 N–H and O–H groups in total. The molecule has 0 saturated heterocycles. The average Bonchev–Trinajstić information content (AvgIpc) is 2.57. The lowest BCUT2D eigenvalue weighted by molar-refractivity contribution is -0.169. The molecule has 140 valence electrons. The zero-order valence-electron chi connectivity index (χ0n) is 15.2. The normalized spacial score (nSPS) is 14.2. The maximum absolute atomic E-state index is 10.7. The van der Waals surface area contributed by atoms with E-state index in [1.54, 1.807) is 0 Å². The first kappa shape index (κ1) is 23.5. The van der Waals surface area contributed by atoms with E-state index in [9.17, 15) is 14.3 Å². The van der Waals surface area contributed by atoms with Crippen molar-refractivity contribution in [3.8, 4) is 0 Å². The lowest BCUT2D eigenvalue weighted by Crippen LogP contribution is -2.19. The van der Waals surface area contributed by atoms with Gasteiger partial charge in [-0.15, -0.1) is 0 Å². The van der Waals surface area contributed by atoms with E-state index in [-0.39, 0.29) is 6.42 Å². The number of carbonyl (C=O) groups is 1. The predicted octanol–water partition coefficient (Wildman–Crippen LogP) is 5.30. The molecule has 0 radical (unpaired) electrons. The van der Waals surface area contributed by atoms with Crippen molar-refractivity contribution in [2.45, 2.75) is 70.4 Å². The quantitative estimate of drug-likeness (QED) is 0.242. The molecule has 0 fully saturated rings. The lowest BCUT2D eigenvalue weighted by Gasteiger charge is -2.00. The number of allylic oxidation sites excluding steroid dienone is 8. The molecular weight excluding hydrogens is 335 g/mol. The molecule has 0 aliphatic rings. The monoisotopic (exact) mass is 366 g/mol. The Kier molecular flexibility index (Phi) is 16.3. The highest BCUT2D eigenvalue weighted by atomic mass is 31.1. The second-order valence-corrected chi connectivity index (χ2v) is 7.00. The van der Waals surface area contributed by atoms with Crippen LogP contribution in [0.4, 0.5) is 0 Å². The second kappa shape index (κ2) is 17.3. The Hall–Kier alpha value is -1.51. The molecule has 0 aromatic heterocycles. The summed E-state index contributed by atoms with van der Waals surface area (Å²) in [6, 6.07) is 0. The third-order valence-corrected chi connectivity index (χ3v) is 4.59. The van der Waals surface area contributed by atoms with E-state index in [1.807, 2.05) is 18.2 Å². The molecule has 0 amide bonds. The summed E-state index contributed by atoms with van der Waals surface area (Å²) in [5.41, 5.74) is -1.28. The smallest absolute Gasteiger partial charge is 0.355 e. The van der Waals surface area contributed by atoms with Crippen LogP contribution in [0.2, 0.25) is 0 Å². The largest absolute Gasteiger partial charge is 0.595 e. The number of rotatable bonds is 15. The van der Waals surface area contributed by atoms with Crippen LogP contribution in [-0.2, 0) is 9.36 Å². The summed E-state index contributed by atoms with van der Waals surface area (Å²) in [4.78, 5) is 21.4. The molecule has 0 aromatic carbocycles. The Morgan fingerprint density at radius 1 is 0.920 bits per heavy atom. The van der Waals surface area contributed by atoms with Crippen LogP contribution in [0.1, 0.15) is 64.7 Å². The minimum absolute atomic E-state index is 0.128. The molecule has 0 rings (SSSR count). The Morgan fingerprint density at radius 2 is 1.40 bits per heavy atom. The highest BCUT2D eigenvalue weighted by Gasteiger charge is 2.28. The van der Waals surface area contributed by atoms with Crippen molar-refractivity contribution in [3.63, 3.8) is 0 Å². The van der Waals surface area contributed by atoms with Crippen LogP contribution in [0.3, 0.4) is 0 Å². The Morgan fingerprint density at radius 3 is 1.84 bits per heavy atom. The van der Waals surface area contributed by atoms with Gasteiger partial charge in [-0.05, 0) is 38.5 Å². The zero-order valence-corrected chi connectivity index (χ0v) is 16.1. The van der Waals surface area contributed by atoms with Crippen molar-refractivity contribution in [1.82, 2.24) is 0 Å². The maximum Gasteiger partial charge on any atom is 0.355 e.